The fourth-order valence-corrected chi connectivity index (χ4v) is 1.87. The van der Waals surface area contributed by atoms with Gasteiger partial charge >= 0.3 is 0 Å². The van der Waals surface area contributed by atoms with Crippen LogP contribution in [0.3, 0.4) is 0 Å². The van der Waals surface area contributed by atoms with Gasteiger partial charge in [0.1, 0.15) is 17.3 Å². The molecule has 0 aliphatic carbocycles. The number of aryl methyl sites for hydroxylation is 1. The van der Waals surface area contributed by atoms with Crippen molar-refractivity contribution in [3.8, 4) is 0 Å². The molecule has 0 N–H and O–H groups in total. The Morgan fingerprint density at radius 2 is 2.19 bits per heavy atom. The van der Waals surface area contributed by atoms with Crippen LogP contribution in [-0.2, 0) is 4.79 Å². The molecule has 0 saturated heterocycles. The standard InChI is InChI=1S/C16H19N3O2/c1-4-12(2)19-10-9-17-16(19)8-7-15(20)6-5-14-11-13(3)21-18-14/h5-12H,4H2,1-3H3/b6-5+,8-7+. The van der Waals surface area contributed by atoms with Crippen LogP contribution >= 0.6 is 0 Å². The lowest BCUT2D eigenvalue weighted by Crippen LogP contribution is -2.04. The van der Waals surface area contributed by atoms with Gasteiger partial charge in [0.15, 0.2) is 5.78 Å². The molecule has 0 radical (unpaired) electrons. The number of nitrogens with zero attached hydrogens (tertiary/aromatic N) is 3. The Labute approximate surface area is 124 Å². The topological polar surface area (TPSA) is 60.9 Å². The van der Waals surface area contributed by atoms with Crippen LogP contribution in [0.25, 0.3) is 12.2 Å². The second-order valence-corrected chi connectivity index (χ2v) is 4.88. The molecule has 5 heteroatoms. The molecule has 110 valence electrons. The van der Waals surface area contributed by atoms with Crippen LogP contribution in [0.4, 0.5) is 0 Å². The smallest absolute Gasteiger partial charge is 0.178 e. The average molecular weight is 285 g/mol. The first kappa shape index (κ1) is 15.0. The van der Waals surface area contributed by atoms with E-state index >= 15 is 0 Å². The number of rotatable bonds is 6. The molecule has 0 aliphatic rings. The quantitative estimate of drug-likeness (QED) is 0.763. The maximum Gasteiger partial charge on any atom is 0.178 e. The number of hydrogen-bond acceptors (Lipinski definition) is 4. The molecule has 0 amide bonds. The lowest BCUT2D eigenvalue weighted by molar-refractivity contribution is -0.110. The summed E-state index contributed by atoms with van der Waals surface area (Å²) in [7, 11) is 0. The van der Waals surface area contributed by atoms with E-state index in [-0.39, 0.29) is 5.78 Å². The van der Waals surface area contributed by atoms with Gasteiger partial charge in [0.25, 0.3) is 0 Å². The van der Waals surface area contributed by atoms with Crippen molar-refractivity contribution in [2.75, 3.05) is 0 Å². The first-order chi connectivity index (χ1) is 10.1. The third kappa shape index (κ3) is 4.02. The lowest BCUT2D eigenvalue weighted by Gasteiger charge is -2.11. The van der Waals surface area contributed by atoms with Gasteiger partial charge in [-0.15, -0.1) is 0 Å². The molecule has 2 aromatic heterocycles. The Balaban J connectivity index is 2.02. The van der Waals surface area contributed by atoms with Gasteiger partial charge in [-0.25, -0.2) is 4.98 Å². The summed E-state index contributed by atoms with van der Waals surface area (Å²) in [5.41, 5.74) is 0.635. The van der Waals surface area contributed by atoms with E-state index in [0.29, 0.717) is 17.5 Å². The van der Waals surface area contributed by atoms with Crippen molar-refractivity contribution in [1.82, 2.24) is 14.7 Å². The number of ketones is 1. The Bertz CT molecular complexity index is 665. The van der Waals surface area contributed by atoms with Crippen LogP contribution in [0.15, 0.2) is 35.1 Å². The van der Waals surface area contributed by atoms with Crippen LogP contribution in [0.5, 0.6) is 0 Å². The largest absolute Gasteiger partial charge is 0.361 e. The summed E-state index contributed by atoms with van der Waals surface area (Å²) in [4.78, 5) is 16.1. The highest BCUT2D eigenvalue weighted by atomic mass is 16.5. The number of carbonyl (C=O) groups is 1. The van der Waals surface area contributed by atoms with Crippen LogP contribution in [-0.4, -0.2) is 20.5 Å². The molecule has 0 aromatic carbocycles. The minimum absolute atomic E-state index is 0.116. The van der Waals surface area contributed by atoms with Crippen LogP contribution in [0.2, 0.25) is 0 Å². The normalized spacial score (nSPS) is 13.3. The zero-order valence-corrected chi connectivity index (χ0v) is 12.5. The van der Waals surface area contributed by atoms with Gasteiger partial charge in [0.05, 0.1) is 0 Å². The summed E-state index contributed by atoms with van der Waals surface area (Å²) in [6.45, 7) is 6.04. The van der Waals surface area contributed by atoms with Crippen LogP contribution < -0.4 is 0 Å². The highest BCUT2D eigenvalue weighted by Crippen LogP contribution is 2.13. The summed E-state index contributed by atoms with van der Waals surface area (Å²) in [6.07, 6.45) is 11.0. The van der Waals surface area contributed by atoms with Gasteiger partial charge in [0.2, 0.25) is 0 Å². The Morgan fingerprint density at radius 3 is 2.86 bits per heavy atom. The predicted octanol–water partition coefficient (Wildman–Crippen LogP) is 3.45. The third-order valence-corrected chi connectivity index (χ3v) is 3.23. The highest BCUT2D eigenvalue weighted by molar-refractivity contribution is 6.04. The number of carbonyl (C=O) groups excluding carboxylic acids is 1. The zero-order chi connectivity index (χ0) is 15.2. The molecule has 0 spiro atoms. The second kappa shape index (κ2) is 6.83. The monoisotopic (exact) mass is 285 g/mol. The number of aromatic nitrogens is 3. The fraction of sp³-hybridized carbons (Fsp3) is 0.312. The molecule has 2 aromatic rings. The van der Waals surface area contributed by atoms with Gasteiger partial charge < -0.3 is 9.09 Å². The molecule has 0 bridgehead atoms. The van der Waals surface area contributed by atoms with Crippen molar-refractivity contribution in [3.05, 3.63) is 47.9 Å². The fourth-order valence-electron chi connectivity index (χ4n) is 1.87. The predicted molar refractivity (Wildman–Crippen MR) is 81.5 cm³/mol. The van der Waals surface area contributed by atoms with Crippen LogP contribution in [0, 0.1) is 6.92 Å². The summed E-state index contributed by atoms with van der Waals surface area (Å²) in [5.74, 6) is 1.38. The first-order valence-electron chi connectivity index (χ1n) is 6.96. The maximum absolute atomic E-state index is 11.8. The van der Waals surface area contributed by atoms with E-state index < -0.39 is 0 Å². The molecule has 1 unspecified atom stereocenters. The molecule has 2 rings (SSSR count). The van der Waals surface area contributed by atoms with Crippen molar-refractivity contribution < 1.29 is 9.32 Å². The Morgan fingerprint density at radius 1 is 1.43 bits per heavy atom. The summed E-state index contributed by atoms with van der Waals surface area (Å²) in [5, 5.41) is 3.79. The van der Waals surface area contributed by atoms with Gasteiger partial charge in [0, 0.05) is 24.5 Å². The van der Waals surface area contributed by atoms with Gasteiger partial charge in [-0.3, -0.25) is 4.79 Å². The van der Waals surface area contributed by atoms with Gasteiger partial charge in [-0.2, -0.15) is 0 Å². The summed E-state index contributed by atoms with van der Waals surface area (Å²) in [6, 6.07) is 2.12. The van der Waals surface area contributed by atoms with E-state index in [9.17, 15) is 4.79 Å². The number of imidazole rings is 1. The van der Waals surface area contributed by atoms with Gasteiger partial charge in [-0.1, -0.05) is 12.1 Å². The summed E-state index contributed by atoms with van der Waals surface area (Å²) >= 11 is 0. The summed E-state index contributed by atoms with van der Waals surface area (Å²) < 4.78 is 6.98. The minimum Gasteiger partial charge on any atom is -0.361 e. The Hall–Kier alpha value is -2.43. The van der Waals surface area contributed by atoms with E-state index in [4.69, 9.17) is 4.52 Å². The van der Waals surface area contributed by atoms with Crippen molar-refractivity contribution in [2.24, 2.45) is 0 Å². The van der Waals surface area contributed by atoms with E-state index in [1.54, 1.807) is 31.3 Å². The second-order valence-electron chi connectivity index (χ2n) is 4.88. The minimum atomic E-state index is -0.116. The molecule has 0 saturated carbocycles. The molecule has 0 aliphatic heterocycles. The molecule has 21 heavy (non-hydrogen) atoms. The lowest BCUT2D eigenvalue weighted by atomic mass is 10.2. The molecule has 5 nitrogen and oxygen atoms in total. The van der Waals surface area contributed by atoms with Crippen molar-refractivity contribution in [3.63, 3.8) is 0 Å². The number of allylic oxidation sites excluding steroid dienone is 2. The third-order valence-electron chi connectivity index (χ3n) is 3.23. The molecule has 0 fully saturated rings. The van der Waals surface area contributed by atoms with E-state index in [0.717, 1.165) is 12.2 Å². The number of hydrogen-bond donors (Lipinski definition) is 0. The van der Waals surface area contributed by atoms with Crippen LogP contribution in [0.1, 0.15) is 43.6 Å². The maximum atomic E-state index is 11.8. The van der Waals surface area contributed by atoms with Gasteiger partial charge in [-0.05, 0) is 44.6 Å². The van der Waals surface area contributed by atoms with E-state index in [1.807, 2.05) is 6.20 Å². The van der Waals surface area contributed by atoms with Crippen molar-refractivity contribution in [1.29, 1.82) is 0 Å². The highest BCUT2D eigenvalue weighted by Gasteiger charge is 2.05. The molecular formula is C16H19N3O2. The van der Waals surface area contributed by atoms with E-state index in [2.05, 4.69) is 28.6 Å². The average Bonchev–Trinajstić information content (AvgIpc) is 3.10. The zero-order valence-electron chi connectivity index (χ0n) is 12.5. The van der Waals surface area contributed by atoms with Crippen molar-refractivity contribution >= 4 is 17.9 Å². The first-order valence-corrected chi connectivity index (χ1v) is 6.96. The molecule has 2 heterocycles. The molecular weight excluding hydrogens is 266 g/mol. The van der Waals surface area contributed by atoms with Crippen molar-refractivity contribution in [2.45, 2.75) is 33.2 Å². The Kier molecular flexibility index (Phi) is 4.87. The molecule has 1 atom stereocenters. The van der Waals surface area contributed by atoms with E-state index in [1.165, 1.54) is 12.2 Å². The SMILES string of the molecule is CCC(C)n1ccnc1/C=C/C(=O)/C=C/c1cc(C)on1.